The van der Waals surface area contributed by atoms with Crippen molar-refractivity contribution < 1.29 is 14.0 Å². The molecule has 3 aromatic heterocycles. The number of benzene rings is 8. The molecule has 0 saturated carbocycles. The highest BCUT2D eigenvalue weighted by atomic mass is 16.3. The lowest BCUT2D eigenvalue weighted by molar-refractivity contribution is 0.669. The second-order valence-corrected chi connectivity index (χ2v) is 13.5. The summed E-state index contributed by atoms with van der Waals surface area (Å²) in [5.74, 6) is 0.605. The van der Waals surface area contributed by atoms with E-state index in [4.69, 9.17) is 23.5 Å². The van der Waals surface area contributed by atoms with Gasteiger partial charge in [-0.1, -0.05) is 152 Å². The van der Waals surface area contributed by atoms with Crippen molar-refractivity contribution in [3.63, 3.8) is 0 Å². The van der Waals surface area contributed by atoms with E-state index in [1.165, 1.54) is 0 Å². The van der Waals surface area contributed by atoms with E-state index in [2.05, 4.69) is 0 Å². The Balaban J connectivity index is 1.20. The van der Waals surface area contributed by atoms with Crippen molar-refractivity contribution in [1.82, 2.24) is 19.5 Å². The summed E-state index contributed by atoms with van der Waals surface area (Å²) < 4.78 is 72.8. The zero-order chi connectivity index (χ0) is 43.1. The van der Waals surface area contributed by atoms with Crippen LogP contribution < -0.4 is 0 Å². The SMILES string of the molecule is [2H]c1c([2H])c([2H])c2c(c1[2H])c1c([2H])c([2H])c(-c3nc(-c4ccccc4)nc(-c4cccc(-c5ccccc5)c4)n3)c([2H])c1n2-c1cccc(-c2cccc3oc4ccccc4c23)c1. The molecule has 3 heterocycles. The largest absolute Gasteiger partial charge is 0.456 e. The summed E-state index contributed by atoms with van der Waals surface area (Å²) in [5.41, 5.74) is 7.08. The highest BCUT2D eigenvalue weighted by Crippen LogP contribution is 2.39. The molecule has 0 spiro atoms. The number of furan rings is 1. The number of hydrogen-bond acceptors (Lipinski definition) is 4. The van der Waals surface area contributed by atoms with E-state index in [-0.39, 0.29) is 63.4 Å². The van der Waals surface area contributed by atoms with Crippen LogP contribution >= 0.6 is 0 Å². The van der Waals surface area contributed by atoms with Gasteiger partial charge in [0.1, 0.15) is 11.2 Å². The summed E-state index contributed by atoms with van der Waals surface area (Å²) in [6.45, 7) is 0. The molecule has 0 aliphatic carbocycles. The maximum absolute atomic E-state index is 10.0. The van der Waals surface area contributed by atoms with Crippen LogP contribution in [0.5, 0.6) is 0 Å². The molecule has 8 aromatic carbocycles. The number of aromatic nitrogens is 4. The monoisotopic (exact) mass is 723 g/mol. The lowest BCUT2D eigenvalue weighted by Gasteiger charge is -2.12. The molecule has 5 nitrogen and oxygen atoms in total. The third-order valence-corrected chi connectivity index (χ3v) is 10.1. The molecule has 0 amide bonds. The topological polar surface area (TPSA) is 56.7 Å². The predicted octanol–water partition coefficient (Wildman–Crippen LogP) is 13.2. The smallest absolute Gasteiger partial charge is 0.164 e. The number of nitrogens with zero attached hydrogens (tertiary/aromatic N) is 4. The van der Waals surface area contributed by atoms with Gasteiger partial charge in [-0.3, -0.25) is 0 Å². The Labute approximate surface area is 332 Å². The van der Waals surface area contributed by atoms with Gasteiger partial charge in [0.05, 0.1) is 20.6 Å². The Hall–Kier alpha value is -7.63. The van der Waals surface area contributed by atoms with E-state index >= 15 is 0 Å². The van der Waals surface area contributed by atoms with Crippen LogP contribution in [0.4, 0.5) is 0 Å². The second-order valence-electron chi connectivity index (χ2n) is 13.5. The molecule has 56 heavy (non-hydrogen) atoms. The zero-order valence-corrected chi connectivity index (χ0v) is 29.6. The van der Waals surface area contributed by atoms with Gasteiger partial charge >= 0.3 is 0 Å². The fourth-order valence-electron chi connectivity index (χ4n) is 7.51. The Morgan fingerprint density at radius 3 is 1.91 bits per heavy atom. The van der Waals surface area contributed by atoms with Gasteiger partial charge in [0.2, 0.25) is 0 Å². The van der Waals surface area contributed by atoms with Crippen molar-refractivity contribution in [3.8, 4) is 62.1 Å². The first-order valence-corrected chi connectivity index (χ1v) is 18.2. The maximum Gasteiger partial charge on any atom is 0.164 e. The third kappa shape index (κ3) is 5.37. The van der Waals surface area contributed by atoms with E-state index in [1.807, 2.05) is 152 Å². The molecule has 0 unspecified atom stereocenters. The van der Waals surface area contributed by atoms with Crippen LogP contribution in [0.1, 0.15) is 9.60 Å². The third-order valence-electron chi connectivity index (χ3n) is 10.1. The standard InChI is InChI=1S/C51H32N4O/c1-3-14-33(15-4-1)35-18-11-20-37(30-35)50-52-49(34-16-5-2-6-17-34)53-51(54-50)38-28-29-42-41-22-7-9-25-44(41)55(45(42)32-38)39-21-12-19-36(31-39)40-24-13-27-47-48(40)43-23-8-10-26-46(43)56-47/h1-32H/i7D,9D,22D,25D,28D,29D,32D. The fraction of sp³-hybridized carbons (Fsp3) is 0. The fourth-order valence-corrected chi connectivity index (χ4v) is 7.51. The molecular weight excluding hydrogens is 685 g/mol. The lowest BCUT2D eigenvalue weighted by Crippen LogP contribution is -2.00. The molecule has 5 heteroatoms. The maximum atomic E-state index is 10.0. The molecule has 11 rings (SSSR count). The van der Waals surface area contributed by atoms with Gasteiger partial charge < -0.3 is 8.98 Å². The summed E-state index contributed by atoms with van der Waals surface area (Å²) >= 11 is 0. The molecular formula is C51H32N4O. The summed E-state index contributed by atoms with van der Waals surface area (Å²) in [6, 6.07) is 45.7. The predicted molar refractivity (Wildman–Crippen MR) is 229 cm³/mol. The number of para-hydroxylation sites is 2. The van der Waals surface area contributed by atoms with E-state index in [0.29, 0.717) is 34.0 Å². The summed E-state index contributed by atoms with van der Waals surface area (Å²) in [5, 5.41) is 1.95. The van der Waals surface area contributed by atoms with Crippen molar-refractivity contribution in [2.75, 3.05) is 0 Å². The summed E-state index contributed by atoms with van der Waals surface area (Å²) in [6.07, 6.45) is 0. The minimum atomic E-state index is -0.479. The van der Waals surface area contributed by atoms with Crippen LogP contribution in [0.25, 0.3) is 106 Å². The Kier molecular flexibility index (Phi) is 5.92. The van der Waals surface area contributed by atoms with E-state index in [0.717, 1.165) is 38.6 Å². The average Bonchev–Trinajstić information content (AvgIpc) is 3.90. The van der Waals surface area contributed by atoms with Crippen LogP contribution in [0.3, 0.4) is 0 Å². The average molecular weight is 724 g/mol. The molecule has 0 radical (unpaired) electrons. The van der Waals surface area contributed by atoms with Crippen LogP contribution in [0.2, 0.25) is 0 Å². The van der Waals surface area contributed by atoms with Gasteiger partial charge in [-0.2, -0.15) is 0 Å². The van der Waals surface area contributed by atoms with Crippen molar-refractivity contribution in [2.24, 2.45) is 0 Å². The first-order valence-electron chi connectivity index (χ1n) is 21.7. The van der Waals surface area contributed by atoms with Gasteiger partial charge in [-0.25, -0.2) is 15.0 Å². The van der Waals surface area contributed by atoms with Crippen LogP contribution in [-0.2, 0) is 0 Å². The Morgan fingerprint density at radius 1 is 0.429 bits per heavy atom. The minimum absolute atomic E-state index is 0.00186. The zero-order valence-electron chi connectivity index (χ0n) is 36.6. The number of rotatable bonds is 6. The van der Waals surface area contributed by atoms with Crippen LogP contribution in [0, 0.1) is 0 Å². The second kappa shape index (κ2) is 13.0. The molecule has 0 bridgehead atoms. The molecule has 11 aromatic rings. The first-order chi connectivity index (χ1) is 30.7. The first kappa shape index (κ1) is 25.4. The molecule has 0 N–H and O–H groups in total. The van der Waals surface area contributed by atoms with Gasteiger partial charge in [0, 0.05) is 43.9 Å². The van der Waals surface area contributed by atoms with Gasteiger partial charge in [-0.05, 0) is 64.7 Å². The molecule has 0 aliphatic rings. The van der Waals surface area contributed by atoms with E-state index in [9.17, 15) is 5.48 Å². The number of hydrogen-bond donors (Lipinski definition) is 0. The molecule has 0 aliphatic heterocycles. The summed E-state index contributed by atoms with van der Waals surface area (Å²) in [7, 11) is 0. The van der Waals surface area contributed by atoms with E-state index < -0.39 is 12.1 Å². The molecule has 0 saturated heterocycles. The molecule has 0 fully saturated rings. The minimum Gasteiger partial charge on any atom is -0.456 e. The highest BCUT2D eigenvalue weighted by Gasteiger charge is 2.18. The highest BCUT2D eigenvalue weighted by molar-refractivity contribution is 6.13. The molecule has 0 atom stereocenters. The quantitative estimate of drug-likeness (QED) is 0.171. The number of fused-ring (bicyclic) bond motifs is 6. The van der Waals surface area contributed by atoms with Crippen molar-refractivity contribution in [3.05, 3.63) is 194 Å². The van der Waals surface area contributed by atoms with Crippen LogP contribution in [-0.4, -0.2) is 19.5 Å². The Morgan fingerprint density at radius 2 is 1.05 bits per heavy atom. The summed E-state index contributed by atoms with van der Waals surface area (Å²) in [4.78, 5) is 14.7. The Bertz CT molecular complexity index is 3660. The van der Waals surface area contributed by atoms with E-state index in [1.54, 1.807) is 4.57 Å². The molecule has 262 valence electrons. The van der Waals surface area contributed by atoms with Crippen molar-refractivity contribution >= 4 is 43.7 Å². The lowest BCUT2D eigenvalue weighted by atomic mass is 9.99. The normalized spacial score (nSPS) is 13.3. The van der Waals surface area contributed by atoms with Gasteiger partial charge in [-0.15, -0.1) is 0 Å². The van der Waals surface area contributed by atoms with Gasteiger partial charge in [0.25, 0.3) is 0 Å². The van der Waals surface area contributed by atoms with Crippen molar-refractivity contribution in [1.29, 1.82) is 0 Å². The van der Waals surface area contributed by atoms with Gasteiger partial charge in [0.15, 0.2) is 17.5 Å². The van der Waals surface area contributed by atoms with Crippen molar-refractivity contribution in [2.45, 2.75) is 0 Å². The van der Waals surface area contributed by atoms with Crippen LogP contribution in [0.15, 0.2) is 198 Å².